The molecule has 0 radical (unpaired) electrons. The van der Waals surface area contributed by atoms with Crippen LogP contribution in [0.1, 0.15) is 40.5 Å². The summed E-state index contributed by atoms with van der Waals surface area (Å²) < 4.78 is 11.2. The van der Waals surface area contributed by atoms with E-state index in [0.29, 0.717) is 19.6 Å². The summed E-state index contributed by atoms with van der Waals surface area (Å²) in [4.78, 5) is 12.6. The minimum absolute atomic E-state index is 0.0214. The van der Waals surface area contributed by atoms with Crippen LogP contribution in [0.3, 0.4) is 0 Å². The van der Waals surface area contributed by atoms with E-state index in [9.17, 15) is 4.79 Å². The molecule has 1 amide bonds. The van der Waals surface area contributed by atoms with E-state index in [1.165, 1.54) is 0 Å². The number of carbonyl (C=O) groups is 1. The van der Waals surface area contributed by atoms with Crippen molar-refractivity contribution >= 4 is 11.6 Å². The zero-order chi connectivity index (χ0) is 17.1. The lowest BCUT2D eigenvalue weighted by molar-refractivity contribution is -0.166. The van der Waals surface area contributed by atoms with Gasteiger partial charge in [0, 0.05) is 24.1 Å². The summed E-state index contributed by atoms with van der Waals surface area (Å²) >= 11 is 0. The highest BCUT2D eigenvalue weighted by Crippen LogP contribution is 2.50. The van der Waals surface area contributed by atoms with Gasteiger partial charge < -0.3 is 20.5 Å². The molecule has 2 atom stereocenters. The molecule has 0 aliphatic heterocycles. The predicted octanol–water partition coefficient (Wildman–Crippen LogP) is 2.95. The molecule has 3 N–H and O–H groups in total. The predicted molar refractivity (Wildman–Crippen MR) is 91.6 cm³/mol. The van der Waals surface area contributed by atoms with Crippen molar-refractivity contribution in [2.24, 2.45) is 11.1 Å². The van der Waals surface area contributed by atoms with Crippen LogP contribution in [-0.4, -0.2) is 30.8 Å². The number of carbonyl (C=O) groups excluding carboxylic acids is 1. The van der Waals surface area contributed by atoms with Gasteiger partial charge in [-0.15, -0.1) is 0 Å². The second-order valence-electron chi connectivity index (χ2n) is 6.67. The smallest absolute Gasteiger partial charge is 0.245 e. The minimum Gasteiger partial charge on any atom is -0.494 e. The molecule has 0 spiro atoms. The molecule has 1 aliphatic rings. The lowest BCUT2D eigenvalue weighted by Crippen LogP contribution is -2.74. The van der Waals surface area contributed by atoms with E-state index in [4.69, 9.17) is 15.2 Å². The van der Waals surface area contributed by atoms with Crippen LogP contribution < -0.4 is 15.8 Å². The van der Waals surface area contributed by atoms with Crippen LogP contribution in [0.15, 0.2) is 24.3 Å². The van der Waals surface area contributed by atoms with Crippen molar-refractivity contribution in [1.29, 1.82) is 0 Å². The van der Waals surface area contributed by atoms with Gasteiger partial charge in [0.25, 0.3) is 0 Å². The van der Waals surface area contributed by atoms with Crippen molar-refractivity contribution in [3.8, 4) is 5.75 Å². The number of nitrogens with one attached hydrogen (secondary N) is 1. The molecule has 0 bridgehead atoms. The van der Waals surface area contributed by atoms with Crippen molar-refractivity contribution in [3.05, 3.63) is 24.3 Å². The second kappa shape index (κ2) is 6.89. The molecule has 5 nitrogen and oxygen atoms in total. The highest BCUT2D eigenvalue weighted by molar-refractivity contribution is 5.99. The number of nitrogens with two attached hydrogens (primary N) is 1. The third-order valence-corrected chi connectivity index (χ3v) is 4.82. The number of rotatable bonds is 7. The summed E-state index contributed by atoms with van der Waals surface area (Å²) in [6.07, 6.45) is 1.52. The summed E-state index contributed by atoms with van der Waals surface area (Å²) in [6.45, 7) is 9.30. The molecular formula is C18H28N2O3. The van der Waals surface area contributed by atoms with E-state index in [0.717, 1.165) is 17.9 Å². The largest absolute Gasteiger partial charge is 0.494 e. The Morgan fingerprint density at radius 1 is 1.30 bits per heavy atom. The lowest BCUT2D eigenvalue weighted by Gasteiger charge is -2.57. The van der Waals surface area contributed by atoms with E-state index in [1.807, 2.05) is 45.0 Å². The first-order valence-corrected chi connectivity index (χ1v) is 8.30. The summed E-state index contributed by atoms with van der Waals surface area (Å²) in [7, 11) is 0. The number of hydrogen-bond acceptors (Lipinski definition) is 4. The maximum Gasteiger partial charge on any atom is 0.245 e. The van der Waals surface area contributed by atoms with Gasteiger partial charge in [-0.05, 0) is 37.6 Å². The SMILES string of the molecule is CCCOc1ccc(NC(=O)C2(N)CC(OCC)C2(C)C)cc1. The summed E-state index contributed by atoms with van der Waals surface area (Å²) in [5.74, 6) is 0.633. The average Bonchev–Trinajstić information content (AvgIpc) is 2.53. The molecule has 128 valence electrons. The van der Waals surface area contributed by atoms with Crippen molar-refractivity contribution < 1.29 is 14.3 Å². The molecule has 5 heteroatoms. The van der Waals surface area contributed by atoms with Crippen LogP contribution in [0.4, 0.5) is 5.69 Å². The number of ether oxygens (including phenoxy) is 2. The number of anilines is 1. The first-order valence-electron chi connectivity index (χ1n) is 8.30. The van der Waals surface area contributed by atoms with Crippen LogP contribution in [0, 0.1) is 5.41 Å². The molecular weight excluding hydrogens is 292 g/mol. The minimum atomic E-state index is -0.912. The monoisotopic (exact) mass is 320 g/mol. The molecule has 1 aromatic carbocycles. The highest BCUT2D eigenvalue weighted by atomic mass is 16.5. The standard InChI is InChI=1S/C18H28N2O3/c1-5-11-23-14-9-7-13(8-10-14)20-16(21)18(19)12-15(22-6-2)17(18,3)4/h7-10,15H,5-6,11-12,19H2,1-4H3,(H,20,21). The van der Waals surface area contributed by atoms with Gasteiger partial charge in [-0.3, -0.25) is 4.79 Å². The van der Waals surface area contributed by atoms with Gasteiger partial charge in [-0.1, -0.05) is 20.8 Å². The fourth-order valence-corrected chi connectivity index (χ4v) is 2.92. The molecule has 2 unspecified atom stereocenters. The Bertz CT molecular complexity index is 542. The van der Waals surface area contributed by atoms with Gasteiger partial charge in [-0.2, -0.15) is 0 Å². The number of benzene rings is 1. The molecule has 1 saturated carbocycles. The average molecular weight is 320 g/mol. The van der Waals surface area contributed by atoms with Crippen LogP contribution in [-0.2, 0) is 9.53 Å². The fourth-order valence-electron chi connectivity index (χ4n) is 2.92. The molecule has 0 heterocycles. The summed E-state index contributed by atoms with van der Waals surface area (Å²) in [6, 6.07) is 7.36. The normalized spacial score (nSPS) is 25.5. The van der Waals surface area contributed by atoms with E-state index in [2.05, 4.69) is 12.2 Å². The number of hydrogen-bond donors (Lipinski definition) is 2. The Labute approximate surface area is 138 Å². The van der Waals surface area contributed by atoms with E-state index >= 15 is 0 Å². The molecule has 0 aromatic heterocycles. The van der Waals surface area contributed by atoms with Crippen LogP contribution in [0.25, 0.3) is 0 Å². The summed E-state index contributed by atoms with van der Waals surface area (Å²) in [5, 5.41) is 2.91. The Balaban J connectivity index is 1.99. The van der Waals surface area contributed by atoms with Crippen molar-refractivity contribution in [1.82, 2.24) is 0 Å². The maximum atomic E-state index is 12.6. The molecule has 23 heavy (non-hydrogen) atoms. The quantitative estimate of drug-likeness (QED) is 0.810. The molecule has 2 rings (SSSR count). The zero-order valence-electron chi connectivity index (χ0n) is 14.5. The Hall–Kier alpha value is -1.59. The molecule has 0 saturated heterocycles. The lowest BCUT2D eigenvalue weighted by atomic mass is 9.54. The van der Waals surface area contributed by atoms with Gasteiger partial charge in [0.2, 0.25) is 5.91 Å². The Morgan fingerprint density at radius 3 is 2.48 bits per heavy atom. The van der Waals surface area contributed by atoms with E-state index in [1.54, 1.807) is 0 Å². The first-order chi connectivity index (χ1) is 10.8. The van der Waals surface area contributed by atoms with Gasteiger partial charge in [0.1, 0.15) is 11.3 Å². The second-order valence-corrected chi connectivity index (χ2v) is 6.67. The molecule has 1 aliphatic carbocycles. The molecule has 1 aromatic rings. The van der Waals surface area contributed by atoms with Crippen LogP contribution >= 0.6 is 0 Å². The van der Waals surface area contributed by atoms with E-state index in [-0.39, 0.29) is 12.0 Å². The number of amides is 1. The van der Waals surface area contributed by atoms with Crippen molar-refractivity contribution in [2.45, 2.75) is 52.2 Å². The zero-order valence-corrected chi connectivity index (χ0v) is 14.5. The van der Waals surface area contributed by atoms with Gasteiger partial charge in [0.15, 0.2) is 0 Å². The van der Waals surface area contributed by atoms with Crippen LogP contribution in [0.5, 0.6) is 5.75 Å². The Morgan fingerprint density at radius 2 is 1.96 bits per heavy atom. The van der Waals surface area contributed by atoms with Crippen LogP contribution in [0.2, 0.25) is 0 Å². The highest BCUT2D eigenvalue weighted by Gasteiger charge is 2.62. The third-order valence-electron chi connectivity index (χ3n) is 4.82. The summed E-state index contributed by atoms with van der Waals surface area (Å²) in [5.41, 5.74) is 5.79. The van der Waals surface area contributed by atoms with Gasteiger partial charge >= 0.3 is 0 Å². The first kappa shape index (κ1) is 17.8. The maximum absolute atomic E-state index is 12.6. The third kappa shape index (κ3) is 3.35. The molecule has 1 fully saturated rings. The van der Waals surface area contributed by atoms with Crippen molar-refractivity contribution in [3.63, 3.8) is 0 Å². The topological polar surface area (TPSA) is 73.6 Å². The van der Waals surface area contributed by atoms with E-state index < -0.39 is 11.0 Å². The van der Waals surface area contributed by atoms with Crippen molar-refractivity contribution in [2.75, 3.05) is 18.5 Å². The Kier molecular flexibility index (Phi) is 5.32. The fraction of sp³-hybridized carbons (Fsp3) is 0.611. The van der Waals surface area contributed by atoms with Gasteiger partial charge in [0.05, 0.1) is 12.7 Å². The van der Waals surface area contributed by atoms with Gasteiger partial charge in [-0.25, -0.2) is 0 Å².